The third-order valence-corrected chi connectivity index (χ3v) is 12.9. The maximum Gasteiger partial charge on any atom is -0.000718 e. The van der Waals surface area contributed by atoms with Gasteiger partial charge in [0.05, 0.1) is 0 Å². The molecule has 1 aliphatic carbocycles. The number of hydrogen-bond acceptors (Lipinski definition) is 0. The highest BCUT2D eigenvalue weighted by Gasteiger charge is 2.32. The van der Waals surface area contributed by atoms with Crippen LogP contribution in [-0.4, -0.2) is 0 Å². The number of benzene rings is 12. The maximum atomic E-state index is 2.46. The summed E-state index contributed by atoms with van der Waals surface area (Å²) < 4.78 is 0. The number of fused-ring (bicyclic) bond motifs is 4. The normalized spacial score (nSPS) is 12.6. The Hall–Kier alpha value is -6.76. The molecule has 0 bridgehead atoms. The van der Waals surface area contributed by atoms with Crippen molar-refractivity contribution in [2.75, 3.05) is 0 Å². The van der Waals surface area contributed by atoms with Crippen LogP contribution in [0.5, 0.6) is 0 Å². The average molecular weight is 681 g/mol. The second kappa shape index (κ2) is 10.0. The van der Waals surface area contributed by atoms with Gasteiger partial charge in [0.15, 0.2) is 0 Å². The molecule has 0 heteroatoms. The molecule has 12 aromatic carbocycles. The zero-order chi connectivity index (χ0) is 35.4. The molecule has 0 fully saturated rings. The lowest BCUT2D eigenvalue weighted by atomic mass is 9.79. The summed E-state index contributed by atoms with van der Waals surface area (Å²) in [6, 6.07) is 60.4. The lowest BCUT2D eigenvalue weighted by molar-refractivity contribution is 1.50. The summed E-state index contributed by atoms with van der Waals surface area (Å²) in [6.45, 7) is 4.50. The van der Waals surface area contributed by atoms with Crippen LogP contribution >= 0.6 is 0 Å². The van der Waals surface area contributed by atoms with E-state index in [0.717, 1.165) is 0 Å². The second-order valence-corrected chi connectivity index (χ2v) is 15.6. The topological polar surface area (TPSA) is 0 Å². The Morgan fingerprint density at radius 2 is 0.704 bits per heavy atom. The van der Waals surface area contributed by atoms with Crippen LogP contribution in [0.15, 0.2) is 158 Å². The Balaban J connectivity index is 1.26. The Morgan fingerprint density at radius 3 is 1.30 bits per heavy atom. The minimum atomic E-state index is 1.27. The predicted octanol–water partition coefficient (Wildman–Crippen LogP) is 15.4. The summed E-state index contributed by atoms with van der Waals surface area (Å²) in [7, 11) is 0. The van der Waals surface area contributed by atoms with Gasteiger partial charge in [-0.3, -0.25) is 0 Å². The number of hydrogen-bond donors (Lipinski definition) is 0. The largest absolute Gasteiger partial charge is 0.0610 e. The van der Waals surface area contributed by atoms with E-state index >= 15 is 0 Å². The summed E-state index contributed by atoms with van der Waals surface area (Å²) in [5, 5.41) is 21.2. The van der Waals surface area contributed by atoms with Gasteiger partial charge in [0.1, 0.15) is 0 Å². The van der Waals surface area contributed by atoms with Crippen molar-refractivity contribution in [1.29, 1.82) is 0 Å². The molecule has 0 aromatic heterocycles. The molecular formula is C54H32. The third-order valence-electron chi connectivity index (χ3n) is 12.9. The monoisotopic (exact) mass is 680 g/mol. The molecule has 12 aromatic rings. The average Bonchev–Trinajstić information content (AvgIpc) is 3.54. The molecule has 0 aliphatic heterocycles. The van der Waals surface area contributed by atoms with Gasteiger partial charge in [-0.05, 0) is 150 Å². The molecule has 0 saturated carbocycles. The van der Waals surface area contributed by atoms with E-state index in [-0.39, 0.29) is 0 Å². The smallest absolute Gasteiger partial charge is 0.000718 e. The zero-order valence-corrected chi connectivity index (χ0v) is 30.0. The third kappa shape index (κ3) is 3.49. The van der Waals surface area contributed by atoms with Gasteiger partial charge in [-0.1, -0.05) is 163 Å². The van der Waals surface area contributed by atoms with Crippen molar-refractivity contribution in [3.63, 3.8) is 0 Å². The van der Waals surface area contributed by atoms with Crippen molar-refractivity contribution in [2.45, 2.75) is 13.8 Å². The minimum Gasteiger partial charge on any atom is -0.0610 e. The van der Waals surface area contributed by atoms with Gasteiger partial charge >= 0.3 is 0 Å². The molecule has 0 radical (unpaired) electrons. The highest BCUT2D eigenvalue weighted by Crippen LogP contribution is 2.59. The van der Waals surface area contributed by atoms with Crippen LogP contribution in [0.4, 0.5) is 0 Å². The summed E-state index contributed by atoms with van der Waals surface area (Å²) in [4.78, 5) is 0. The first kappa shape index (κ1) is 28.8. The molecule has 0 spiro atoms. The first-order valence-corrected chi connectivity index (χ1v) is 19.1. The summed E-state index contributed by atoms with van der Waals surface area (Å²) in [5.41, 5.74) is 13.2. The van der Waals surface area contributed by atoms with Crippen molar-refractivity contribution in [3.8, 4) is 44.5 Å². The molecule has 1 aliphatic rings. The fourth-order valence-electron chi connectivity index (χ4n) is 10.6. The summed E-state index contributed by atoms with van der Waals surface area (Å²) >= 11 is 0. The molecule has 0 amide bonds. The van der Waals surface area contributed by atoms with Crippen LogP contribution in [0.25, 0.3) is 131 Å². The van der Waals surface area contributed by atoms with E-state index in [1.165, 1.54) is 142 Å². The van der Waals surface area contributed by atoms with Crippen LogP contribution < -0.4 is 0 Å². The van der Waals surface area contributed by atoms with E-state index in [1.54, 1.807) is 0 Å². The second-order valence-electron chi connectivity index (χ2n) is 15.6. The Labute approximate surface area is 312 Å². The number of aryl methyl sites for hydroxylation is 2. The fraction of sp³-hybridized carbons (Fsp3) is 0.0370. The molecular weight excluding hydrogens is 649 g/mol. The minimum absolute atomic E-state index is 1.27. The van der Waals surface area contributed by atoms with Crippen LogP contribution in [0.3, 0.4) is 0 Å². The highest BCUT2D eigenvalue weighted by atomic mass is 14.3. The Morgan fingerprint density at radius 1 is 0.259 bits per heavy atom. The highest BCUT2D eigenvalue weighted by molar-refractivity contribution is 6.34. The molecule has 0 heterocycles. The first-order chi connectivity index (χ1) is 26.6. The molecule has 0 N–H and O–H groups in total. The fourth-order valence-corrected chi connectivity index (χ4v) is 10.6. The quantitative estimate of drug-likeness (QED) is 0.159. The van der Waals surface area contributed by atoms with Gasteiger partial charge in [-0.2, -0.15) is 0 Å². The standard InChI is InChI=1S/C54H32/c1-29-12-22-42-45(28-29)52(41-27-21-36-17-15-32-7-4-9-34-19-25-39(41)49(36)47(32)34)54-44-23-13-30(2)37-10-5-11-43(50(37)44)53(54)51(42)40-26-20-35-16-14-31-6-3-8-33-18-24-38(40)48(35)46(31)33/h3-28H,1-2H3. The Bertz CT molecular complexity index is 3590. The van der Waals surface area contributed by atoms with Crippen LogP contribution in [0.1, 0.15) is 11.1 Å². The predicted molar refractivity (Wildman–Crippen MR) is 234 cm³/mol. The first-order valence-electron chi connectivity index (χ1n) is 19.1. The van der Waals surface area contributed by atoms with Crippen LogP contribution in [0, 0.1) is 13.8 Å². The Kier molecular flexibility index (Phi) is 5.33. The summed E-state index contributed by atoms with van der Waals surface area (Å²) in [6.07, 6.45) is 0. The van der Waals surface area contributed by atoms with Crippen molar-refractivity contribution >= 4 is 86.2 Å². The van der Waals surface area contributed by atoms with Crippen molar-refractivity contribution in [3.05, 3.63) is 169 Å². The molecule has 248 valence electrons. The van der Waals surface area contributed by atoms with Crippen molar-refractivity contribution < 1.29 is 0 Å². The molecule has 0 unspecified atom stereocenters. The van der Waals surface area contributed by atoms with E-state index < -0.39 is 0 Å². The van der Waals surface area contributed by atoms with E-state index in [9.17, 15) is 0 Å². The van der Waals surface area contributed by atoms with Gasteiger partial charge in [0.2, 0.25) is 0 Å². The van der Waals surface area contributed by atoms with Gasteiger partial charge < -0.3 is 0 Å². The maximum absolute atomic E-state index is 2.46. The van der Waals surface area contributed by atoms with Crippen LogP contribution in [0.2, 0.25) is 0 Å². The van der Waals surface area contributed by atoms with E-state index in [2.05, 4.69) is 172 Å². The van der Waals surface area contributed by atoms with E-state index in [4.69, 9.17) is 0 Å². The lowest BCUT2D eigenvalue weighted by Gasteiger charge is -2.23. The van der Waals surface area contributed by atoms with Crippen molar-refractivity contribution in [1.82, 2.24) is 0 Å². The zero-order valence-electron chi connectivity index (χ0n) is 30.0. The molecule has 0 saturated heterocycles. The van der Waals surface area contributed by atoms with E-state index in [1.807, 2.05) is 0 Å². The summed E-state index contributed by atoms with van der Waals surface area (Å²) in [5.74, 6) is 0. The lowest BCUT2D eigenvalue weighted by Crippen LogP contribution is -1.96. The van der Waals surface area contributed by atoms with Gasteiger partial charge in [0, 0.05) is 0 Å². The van der Waals surface area contributed by atoms with Gasteiger partial charge in [-0.15, -0.1) is 0 Å². The molecule has 0 nitrogen and oxygen atoms in total. The molecule has 0 atom stereocenters. The molecule has 13 rings (SSSR count). The SMILES string of the molecule is Cc1ccc2c(-c3ccc4ccc5cccc6ccc3c4c56)c3c(c(-c4ccc5ccc6cccc7ccc4c5c67)c2c1)-c1ccc(C)c2cccc-3c12. The van der Waals surface area contributed by atoms with Crippen LogP contribution in [-0.2, 0) is 0 Å². The van der Waals surface area contributed by atoms with Gasteiger partial charge in [-0.25, -0.2) is 0 Å². The van der Waals surface area contributed by atoms with Crippen molar-refractivity contribution in [2.24, 2.45) is 0 Å². The number of rotatable bonds is 2. The molecule has 54 heavy (non-hydrogen) atoms. The van der Waals surface area contributed by atoms with Gasteiger partial charge in [0.25, 0.3) is 0 Å². The van der Waals surface area contributed by atoms with E-state index in [0.29, 0.717) is 0 Å².